The fourth-order valence-corrected chi connectivity index (χ4v) is 4.47. The monoisotopic (exact) mass is 438 g/mol. The van der Waals surface area contributed by atoms with Gasteiger partial charge in [-0.25, -0.2) is 18.4 Å². The second kappa shape index (κ2) is 7.03. The van der Waals surface area contributed by atoms with Gasteiger partial charge in [0, 0.05) is 10.3 Å². The molecule has 0 saturated carbocycles. The smallest absolute Gasteiger partial charge is 0.435 e. The quantitative estimate of drug-likeness (QED) is 0.395. The van der Waals surface area contributed by atoms with Crippen molar-refractivity contribution in [3.05, 3.63) is 48.5 Å². The van der Waals surface area contributed by atoms with Gasteiger partial charge in [-0.2, -0.15) is 13.2 Å². The molecule has 4 aromatic rings. The highest BCUT2D eigenvalue weighted by Crippen LogP contribution is 2.38. The zero-order valence-corrected chi connectivity index (χ0v) is 16.5. The van der Waals surface area contributed by atoms with Gasteiger partial charge in [0.05, 0.1) is 16.2 Å². The maximum Gasteiger partial charge on any atom is 0.446 e. The zero-order chi connectivity index (χ0) is 20.8. The standard InChI is InChI=1S/C19H13F3N2O3S2/c1-2-29(25,26)16-9-11-5-3-4-6-13(11)23-17(16)18-24-14-10-12(28-19(20,21)22)7-8-15(14)27-18/h3-10H,2H2,1H3. The Balaban J connectivity index is 1.91. The van der Waals surface area contributed by atoms with Crippen molar-refractivity contribution in [2.45, 2.75) is 22.2 Å². The number of oxazole rings is 1. The van der Waals surface area contributed by atoms with Crippen LogP contribution in [0.3, 0.4) is 0 Å². The molecule has 0 radical (unpaired) electrons. The third kappa shape index (κ3) is 3.95. The number of nitrogens with zero attached hydrogens (tertiary/aromatic N) is 2. The molecule has 2 aromatic carbocycles. The van der Waals surface area contributed by atoms with Gasteiger partial charge in [0.25, 0.3) is 0 Å². The van der Waals surface area contributed by atoms with Crippen molar-refractivity contribution in [2.75, 3.05) is 5.75 Å². The van der Waals surface area contributed by atoms with E-state index in [-0.39, 0.29) is 50.0 Å². The SMILES string of the molecule is CCS(=O)(=O)c1cc2ccccc2nc1-c1nc2cc(SC(F)(F)F)ccc2o1. The molecule has 0 N–H and O–H groups in total. The molecule has 0 saturated heterocycles. The Kier molecular flexibility index (Phi) is 4.78. The van der Waals surface area contributed by atoms with Crippen LogP contribution < -0.4 is 0 Å². The topological polar surface area (TPSA) is 73.1 Å². The minimum absolute atomic E-state index is 0.0323. The Morgan fingerprint density at radius 3 is 2.52 bits per heavy atom. The number of thioether (sulfide) groups is 1. The Hall–Kier alpha value is -2.59. The van der Waals surface area contributed by atoms with E-state index in [2.05, 4.69) is 9.97 Å². The van der Waals surface area contributed by atoms with Crippen molar-refractivity contribution in [1.29, 1.82) is 0 Å². The van der Waals surface area contributed by atoms with Crippen molar-refractivity contribution in [1.82, 2.24) is 9.97 Å². The second-order valence-electron chi connectivity index (χ2n) is 6.13. The summed E-state index contributed by atoms with van der Waals surface area (Å²) in [6.07, 6.45) is 0. The molecule has 29 heavy (non-hydrogen) atoms. The lowest BCUT2D eigenvalue weighted by molar-refractivity contribution is -0.0328. The number of para-hydroxylation sites is 1. The molecule has 0 aliphatic carbocycles. The van der Waals surface area contributed by atoms with Gasteiger partial charge in [0.15, 0.2) is 15.4 Å². The number of sulfone groups is 1. The number of hydrogen-bond acceptors (Lipinski definition) is 6. The summed E-state index contributed by atoms with van der Waals surface area (Å²) in [5.74, 6) is -0.209. The minimum atomic E-state index is -4.43. The minimum Gasteiger partial charge on any atom is -0.435 e. The predicted octanol–water partition coefficient (Wildman–Crippen LogP) is 5.45. The van der Waals surface area contributed by atoms with Gasteiger partial charge in [-0.3, -0.25) is 0 Å². The molecule has 5 nitrogen and oxygen atoms in total. The van der Waals surface area contributed by atoms with Crippen LogP contribution in [-0.2, 0) is 9.84 Å². The summed E-state index contributed by atoms with van der Waals surface area (Å²) in [4.78, 5) is 8.55. The molecule has 4 rings (SSSR count). The Morgan fingerprint density at radius 1 is 1.03 bits per heavy atom. The van der Waals surface area contributed by atoms with Crippen molar-refractivity contribution in [3.63, 3.8) is 0 Å². The first kappa shape index (κ1) is 19.7. The van der Waals surface area contributed by atoms with E-state index in [9.17, 15) is 21.6 Å². The lowest BCUT2D eigenvalue weighted by atomic mass is 10.2. The Labute approximate surface area is 167 Å². The van der Waals surface area contributed by atoms with Crippen molar-refractivity contribution in [3.8, 4) is 11.6 Å². The van der Waals surface area contributed by atoms with E-state index < -0.39 is 15.3 Å². The number of alkyl halides is 3. The number of aromatic nitrogens is 2. The molecule has 0 fully saturated rings. The Morgan fingerprint density at radius 2 is 1.79 bits per heavy atom. The van der Waals surface area contributed by atoms with Crippen LogP contribution in [-0.4, -0.2) is 29.6 Å². The normalized spacial score (nSPS) is 12.7. The number of pyridine rings is 1. The van der Waals surface area contributed by atoms with Gasteiger partial charge in [-0.05, 0) is 42.1 Å². The van der Waals surface area contributed by atoms with E-state index in [0.29, 0.717) is 10.9 Å². The van der Waals surface area contributed by atoms with Crippen LogP contribution in [0, 0.1) is 0 Å². The molecule has 0 aliphatic rings. The van der Waals surface area contributed by atoms with Crippen LogP contribution in [0.1, 0.15) is 6.92 Å². The maximum atomic E-state index is 12.6. The molecule has 10 heteroatoms. The summed E-state index contributed by atoms with van der Waals surface area (Å²) >= 11 is -0.260. The number of fused-ring (bicyclic) bond motifs is 2. The van der Waals surface area contributed by atoms with Crippen molar-refractivity contribution >= 4 is 43.6 Å². The average molecular weight is 438 g/mol. The lowest BCUT2D eigenvalue weighted by Crippen LogP contribution is -2.07. The van der Waals surface area contributed by atoms with E-state index in [0.717, 1.165) is 0 Å². The molecule has 0 unspecified atom stereocenters. The predicted molar refractivity (Wildman–Crippen MR) is 104 cm³/mol. The van der Waals surface area contributed by atoms with Crippen LogP contribution in [0.5, 0.6) is 0 Å². The number of halogens is 3. The van der Waals surface area contributed by atoms with Gasteiger partial charge in [-0.1, -0.05) is 25.1 Å². The van der Waals surface area contributed by atoms with E-state index >= 15 is 0 Å². The fourth-order valence-electron chi connectivity index (χ4n) is 2.85. The van der Waals surface area contributed by atoms with Gasteiger partial charge >= 0.3 is 5.51 Å². The van der Waals surface area contributed by atoms with Gasteiger partial charge in [-0.15, -0.1) is 0 Å². The number of benzene rings is 2. The molecule has 150 valence electrons. The van der Waals surface area contributed by atoms with Crippen LogP contribution in [0.2, 0.25) is 0 Å². The summed E-state index contributed by atoms with van der Waals surface area (Å²) in [5, 5.41) is 0.642. The highest BCUT2D eigenvalue weighted by molar-refractivity contribution is 8.00. The molecule has 0 aliphatic heterocycles. The summed E-state index contributed by atoms with van der Waals surface area (Å²) < 4.78 is 68.8. The van der Waals surface area contributed by atoms with Crippen LogP contribution >= 0.6 is 11.8 Å². The fraction of sp³-hybridized carbons (Fsp3) is 0.158. The third-order valence-corrected chi connectivity index (χ3v) is 6.66. The lowest BCUT2D eigenvalue weighted by Gasteiger charge is -2.08. The first-order valence-electron chi connectivity index (χ1n) is 8.45. The largest absolute Gasteiger partial charge is 0.446 e. The molecule has 2 aromatic heterocycles. The Bertz CT molecular complexity index is 1330. The van der Waals surface area contributed by atoms with E-state index in [4.69, 9.17) is 4.42 Å². The van der Waals surface area contributed by atoms with Gasteiger partial charge < -0.3 is 4.42 Å². The maximum absolute atomic E-state index is 12.6. The van der Waals surface area contributed by atoms with Crippen molar-refractivity contribution in [2.24, 2.45) is 0 Å². The zero-order valence-electron chi connectivity index (χ0n) is 14.9. The first-order valence-corrected chi connectivity index (χ1v) is 10.9. The van der Waals surface area contributed by atoms with Gasteiger partial charge in [0.2, 0.25) is 5.89 Å². The van der Waals surface area contributed by atoms with E-state index in [1.54, 1.807) is 24.3 Å². The highest BCUT2D eigenvalue weighted by atomic mass is 32.2. The number of hydrogen-bond donors (Lipinski definition) is 0. The molecule has 2 heterocycles. The van der Waals surface area contributed by atoms with Crippen LogP contribution in [0.25, 0.3) is 33.6 Å². The first-order chi connectivity index (χ1) is 13.7. The van der Waals surface area contributed by atoms with E-state index in [1.807, 2.05) is 0 Å². The molecule has 0 spiro atoms. The summed E-state index contributed by atoms with van der Waals surface area (Å²) in [7, 11) is -3.65. The summed E-state index contributed by atoms with van der Waals surface area (Å²) in [6, 6.07) is 12.4. The molecule has 0 bridgehead atoms. The van der Waals surface area contributed by atoms with Gasteiger partial charge in [0.1, 0.15) is 11.2 Å². The molecular formula is C19H13F3N2O3S2. The average Bonchev–Trinajstić information content (AvgIpc) is 3.09. The van der Waals surface area contributed by atoms with Crippen molar-refractivity contribution < 1.29 is 26.0 Å². The second-order valence-corrected chi connectivity index (χ2v) is 9.51. The molecule has 0 atom stereocenters. The van der Waals surface area contributed by atoms with Crippen LogP contribution in [0.15, 0.2) is 62.7 Å². The highest BCUT2D eigenvalue weighted by Gasteiger charge is 2.30. The summed E-state index contributed by atoms with van der Waals surface area (Å²) in [5.41, 5.74) is -3.42. The number of rotatable bonds is 4. The third-order valence-electron chi connectivity index (χ3n) is 4.20. The summed E-state index contributed by atoms with van der Waals surface area (Å²) in [6.45, 7) is 1.51. The van der Waals surface area contributed by atoms with E-state index in [1.165, 1.54) is 31.2 Å². The van der Waals surface area contributed by atoms with Crippen LogP contribution in [0.4, 0.5) is 13.2 Å². The molecular weight excluding hydrogens is 425 g/mol. The molecule has 0 amide bonds.